The number of hydrogen-bond donors (Lipinski definition) is 2. The number of rotatable bonds is 4. The predicted molar refractivity (Wildman–Crippen MR) is 128 cm³/mol. The third-order valence-electron chi connectivity index (χ3n) is 5.70. The Bertz CT molecular complexity index is 1620. The molecule has 0 fully saturated rings. The molecule has 6 rings (SSSR count). The summed E-state index contributed by atoms with van der Waals surface area (Å²) in [5.74, 6) is 0. The Balaban J connectivity index is 1.48. The zero-order valence-electron chi connectivity index (χ0n) is 18.4. The van der Waals surface area contributed by atoms with Gasteiger partial charge >= 0.3 is 0 Å². The molecule has 0 atom stereocenters. The first-order chi connectivity index (χ1) is 16.1. The summed E-state index contributed by atoms with van der Waals surface area (Å²) in [6.45, 7) is 1.97. The minimum absolute atomic E-state index is 0.745. The van der Waals surface area contributed by atoms with Gasteiger partial charge in [0.25, 0.3) is 0 Å². The van der Waals surface area contributed by atoms with E-state index in [-0.39, 0.29) is 0 Å². The van der Waals surface area contributed by atoms with Crippen LogP contribution in [0, 0.1) is 6.92 Å². The molecule has 0 bridgehead atoms. The van der Waals surface area contributed by atoms with Gasteiger partial charge in [0, 0.05) is 43.6 Å². The summed E-state index contributed by atoms with van der Waals surface area (Å²) in [7, 11) is 3.99. The second-order valence-corrected chi connectivity index (χ2v) is 8.19. The Morgan fingerprint density at radius 3 is 2.76 bits per heavy atom. The van der Waals surface area contributed by atoms with E-state index >= 15 is 0 Å². The number of imidazole rings is 1. The summed E-state index contributed by atoms with van der Waals surface area (Å²) < 4.78 is 2.00. The third kappa shape index (κ3) is 3.21. The largest absolute Gasteiger partial charge is 0.376 e. The number of fused-ring (bicyclic) bond motifs is 2. The molecule has 0 aliphatic heterocycles. The van der Waals surface area contributed by atoms with Crippen LogP contribution >= 0.6 is 0 Å². The number of hydrogen-bond acceptors (Lipinski definition) is 6. The van der Waals surface area contributed by atoms with Crippen molar-refractivity contribution in [1.29, 1.82) is 0 Å². The smallest absolute Gasteiger partial charge is 0.139 e. The number of aromatic nitrogens is 8. The summed E-state index contributed by atoms with van der Waals surface area (Å²) in [5, 5.41) is 8.64. The first-order valence-corrected chi connectivity index (χ1v) is 10.5. The lowest BCUT2D eigenvalue weighted by Crippen LogP contribution is -2.08. The summed E-state index contributed by atoms with van der Waals surface area (Å²) in [4.78, 5) is 23.6. The number of aryl methyl sites for hydroxylation is 1. The average Bonchev–Trinajstić information content (AvgIpc) is 3.55. The lowest BCUT2D eigenvalue weighted by Gasteiger charge is -2.12. The predicted octanol–water partition coefficient (Wildman–Crippen LogP) is 4.12. The number of nitrogens with zero attached hydrogens (tertiary/aromatic N) is 7. The monoisotopic (exact) mass is 435 g/mol. The molecular weight excluding hydrogens is 414 g/mol. The first kappa shape index (κ1) is 19.2. The quantitative estimate of drug-likeness (QED) is 0.432. The molecule has 33 heavy (non-hydrogen) atoms. The van der Waals surface area contributed by atoms with Crippen molar-refractivity contribution in [1.82, 2.24) is 39.7 Å². The molecule has 0 aliphatic carbocycles. The van der Waals surface area contributed by atoms with Crippen LogP contribution in [-0.2, 0) is 0 Å². The molecular formula is C24H21N9. The molecule has 0 amide bonds. The molecule has 6 aromatic rings. The van der Waals surface area contributed by atoms with E-state index < -0.39 is 0 Å². The van der Waals surface area contributed by atoms with Crippen molar-refractivity contribution in [2.24, 2.45) is 0 Å². The van der Waals surface area contributed by atoms with E-state index in [1.807, 2.05) is 73.6 Å². The van der Waals surface area contributed by atoms with Crippen molar-refractivity contribution < 1.29 is 0 Å². The summed E-state index contributed by atoms with van der Waals surface area (Å²) in [6.07, 6.45) is 9.26. The first-order valence-electron chi connectivity index (χ1n) is 10.5. The fourth-order valence-corrected chi connectivity index (χ4v) is 3.98. The van der Waals surface area contributed by atoms with Crippen molar-refractivity contribution in [2.45, 2.75) is 6.92 Å². The highest BCUT2D eigenvalue weighted by atomic mass is 15.1. The van der Waals surface area contributed by atoms with Crippen molar-refractivity contribution in [3.63, 3.8) is 0 Å². The Kier molecular flexibility index (Phi) is 4.22. The maximum absolute atomic E-state index is 4.93. The number of pyridine rings is 3. The van der Waals surface area contributed by atoms with E-state index in [0.717, 1.165) is 61.8 Å². The average molecular weight is 435 g/mol. The van der Waals surface area contributed by atoms with Crippen molar-refractivity contribution in [2.75, 3.05) is 19.0 Å². The maximum Gasteiger partial charge on any atom is 0.139 e. The van der Waals surface area contributed by atoms with Gasteiger partial charge in [0.1, 0.15) is 16.9 Å². The van der Waals surface area contributed by atoms with E-state index in [9.17, 15) is 0 Å². The molecule has 6 heterocycles. The van der Waals surface area contributed by atoms with Crippen LogP contribution in [0.1, 0.15) is 5.69 Å². The highest BCUT2D eigenvalue weighted by Crippen LogP contribution is 2.31. The van der Waals surface area contributed by atoms with Crippen LogP contribution in [0.25, 0.3) is 50.4 Å². The van der Waals surface area contributed by atoms with Gasteiger partial charge in [0.2, 0.25) is 0 Å². The minimum Gasteiger partial charge on any atom is -0.376 e. The zero-order valence-corrected chi connectivity index (χ0v) is 18.4. The fraction of sp³-hybridized carbons (Fsp3) is 0.125. The summed E-state index contributed by atoms with van der Waals surface area (Å²) in [5.41, 5.74) is 8.79. The Morgan fingerprint density at radius 2 is 1.94 bits per heavy atom. The van der Waals surface area contributed by atoms with Crippen LogP contribution in [-0.4, -0.2) is 53.8 Å². The topological polar surface area (TPSA) is 104 Å². The van der Waals surface area contributed by atoms with E-state index in [4.69, 9.17) is 4.98 Å². The van der Waals surface area contributed by atoms with Crippen molar-refractivity contribution in [3.8, 4) is 28.3 Å². The van der Waals surface area contributed by atoms with Crippen LogP contribution in [0.5, 0.6) is 0 Å². The van der Waals surface area contributed by atoms with Gasteiger partial charge in [-0.15, -0.1) is 0 Å². The molecule has 0 aromatic carbocycles. The molecule has 0 spiro atoms. The second-order valence-electron chi connectivity index (χ2n) is 8.19. The van der Waals surface area contributed by atoms with Crippen molar-refractivity contribution >= 4 is 27.8 Å². The van der Waals surface area contributed by atoms with Crippen LogP contribution in [0.15, 0.2) is 61.4 Å². The lowest BCUT2D eigenvalue weighted by atomic mass is 10.1. The van der Waals surface area contributed by atoms with Gasteiger partial charge < -0.3 is 14.5 Å². The molecule has 0 saturated heterocycles. The molecule has 9 heteroatoms. The highest BCUT2D eigenvalue weighted by molar-refractivity contribution is 5.95. The van der Waals surface area contributed by atoms with Gasteiger partial charge in [-0.2, -0.15) is 5.10 Å². The molecule has 9 nitrogen and oxygen atoms in total. The third-order valence-corrected chi connectivity index (χ3v) is 5.70. The number of anilines is 1. The molecule has 162 valence electrons. The number of H-pyrrole nitrogens is 2. The molecule has 0 aliphatic rings. The molecule has 6 aromatic heterocycles. The zero-order chi connectivity index (χ0) is 22.5. The van der Waals surface area contributed by atoms with Crippen LogP contribution < -0.4 is 4.90 Å². The summed E-state index contributed by atoms with van der Waals surface area (Å²) in [6, 6.07) is 10.1. The van der Waals surface area contributed by atoms with Gasteiger partial charge in [-0.05, 0) is 37.3 Å². The van der Waals surface area contributed by atoms with Crippen LogP contribution in [0.2, 0.25) is 0 Å². The minimum atomic E-state index is 0.745. The molecule has 0 unspecified atom stereocenters. The van der Waals surface area contributed by atoms with Gasteiger partial charge in [0.05, 0.1) is 46.5 Å². The Hall–Kier alpha value is -4.53. The van der Waals surface area contributed by atoms with E-state index in [1.54, 1.807) is 6.20 Å². The molecule has 0 radical (unpaired) electrons. The number of nitrogens with one attached hydrogen (secondary N) is 2. The number of aromatic amines is 2. The summed E-state index contributed by atoms with van der Waals surface area (Å²) >= 11 is 0. The van der Waals surface area contributed by atoms with E-state index in [0.29, 0.717) is 0 Å². The van der Waals surface area contributed by atoms with E-state index in [1.165, 1.54) is 0 Å². The standard InChI is InChI=1S/C24H21N9/c1-14-12-33(13-27-14)21-6-7-26-24-17(21)9-20(29-24)23-22-19(30-31-23)5-4-18(28-22)15-8-16(32(2)3)11-25-10-15/h4-13H,1-3H3,(H,26,29)(H,30,31). The second kappa shape index (κ2) is 7.27. The molecule has 0 saturated carbocycles. The van der Waals surface area contributed by atoms with Crippen LogP contribution in [0.4, 0.5) is 5.69 Å². The maximum atomic E-state index is 4.93. The SMILES string of the molecule is Cc1cn(-c2ccnc3[nH]c(-c4n[nH]c5ccc(-c6cncc(N(C)C)c6)nc45)cc23)cn1. The normalized spacial score (nSPS) is 11.5. The van der Waals surface area contributed by atoms with Crippen molar-refractivity contribution in [3.05, 3.63) is 67.1 Å². The molecule has 2 N–H and O–H groups in total. The Labute approximate surface area is 189 Å². The highest BCUT2D eigenvalue weighted by Gasteiger charge is 2.16. The van der Waals surface area contributed by atoms with Gasteiger partial charge in [-0.3, -0.25) is 10.1 Å². The Morgan fingerprint density at radius 1 is 1.03 bits per heavy atom. The lowest BCUT2D eigenvalue weighted by molar-refractivity contribution is 1.06. The van der Waals surface area contributed by atoms with Gasteiger partial charge in [-0.25, -0.2) is 15.0 Å². The van der Waals surface area contributed by atoms with Gasteiger partial charge in [0.15, 0.2) is 0 Å². The van der Waals surface area contributed by atoms with Crippen LogP contribution in [0.3, 0.4) is 0 Å². The van der Waals surface area contributed by atoms with Gasteiger partial charge in [-0.1, -0.05) is 0 Å². The van der Waals surface area contributed by atoms with E-state index in [2.05, 4.69) is 42.3 Å². The fourth-order valence-electron chi connectivity index (χ4n) is 3.98.